The minimum Gasteiger partial charge on any atom is -0.366 e. The predicted octanol–water partition coefficient (Wildman–Crippen LogP) is 4.04. The van der Waals surface area contributed by atoms with Gasteiger partial charge in [0, 0.05) is 27.4 Å². The van der Waals surface area contributed by atoms with Gasteiger partial charge in [0.05, 0.1) is 6.54 Å². The SMILES string of the molecule is Cc1ccc(CN(CCc2ccccc2)C(=O)c2ccc(C(N)=O)cc2)s1. The van der Waals surface area contributed by atoms with Crippen molar-refractivity contribution in [1.82, 2.24) is 4.90 Å². The molecule has 0 aliphatic rings. The van der Waals surface area contributed by atoms with E-state index in [2.05, 4.69) is 31.2 Å². The van der Waals surface area contributed by atoms with Crippen LogP contribution in [0.4, 0.5) is 0 Å². The predicted molar refractivity (Wildman–Crippen MR) is 109 cm³/mol. The van der Waals surface area contributed by atoms with Gasteiger partial charge in [0.2, 0.25) is 5.91 Å². The Morgan fingerprint density at radius 3 is 2.19 bits per heavy atom. The van der Waals surface area contributed by atoms with Crippen LogP contribution in [0.1, 0.15) is 36.0 Å². The Morgan fingerprint density at radius 1 is 0.926 bits per heavy atom. The van der Waals surface area contributed by atoms with Crippen molar-refractivity contribution in [2.75, 3.05) is 6.54 Å². The second kappa shape index (κ2) is 8.64. The summed E-state index contributed by atoms with van der Waals surface area (Å²) in [5.41, 5.74) is 7.44. The lowest BCUT2D eigenvalue weighted by Gasteiger charge is -2.22. The molecule has 138 valence electrons. The fraction of sp³-hybridized carbons (Fsp3) is 0.182. The van der Waals surface area contributed by atoms with Gasteiger partial charge in [-0.15, -0.1) is 11.3 Å². The van der Waals surface area contributed by atoms with Gasteiger partial charge in [-0.25, -0.2) is 0 Å². The first kappa shape index (κ1) is 18.9. The Bertz CT molecular complexity index is 917. The van der Waals surface area contributed by atoms with E-state index < -0.39 is 5.91 Å². The van der Waals surface area contributed by atoms with E-state index >= 15 is 0 Å². The molecule has 2 N–H and O–H groups in total. The molecule has 0 saturated carbocycles. The summed E-state index contributed by atoms with van der Waals surface area (Å²) in [6.07, 6.45) is 0.788. The molecule has 2 amide bonds. The van der Waals surface area contributed by atoms with E-state index in [4.69, 9.17) is 5.73 Å². The van der Waals surface area contributed by atoms with Crippen LogP contribution in [0.25, 0.3) is 0 Å². The molecule has 3 rings (SSSR count). The van der Waals surface area contributed by atoms with Crippen molar-refractivity contribution in [2.24, 2.45) is 5.73 Å². The van der Waals surface area contributed by atoms with Crippen molar-refractivity contribution in [1.29, 1.82) is 0 Å². The fourth-order valence-corrected chi connectivity index (χ4v) is 3.79. The number of carbonyl (C=O) groups excluding carboxylic acids is 2. The van der Waals surface area contributed by atoms with Crippen LogP contribution in [0.15, 0.2) is 66.7 Å². The third kappa shape index (κ3) is 5.05. The Hall–Kier alpha value is -2.92. The molecule has 0 radical (unpaired) electrons. The number of thiophene rings is 1. The van der Waals surface area contributed by atoms with Crippen molar-refractivity contribution in [3.8, 4) is 0 Å². The summed E-state index contributed by atoms with van der Waals surface area (Å²) in [5, 5.41) is 0. The molecule has 0 fully saturated rings. The first-order chi connectivity index (χ1) is 13.0. The summed E-state index contributed by atoms with van der Waals surface area (Å²) in [6, 6.07) is 20.8. The highest BCUT2D eigenvalue weighted by Crippen LogP contribution is 2.19. The van der Waals surface area contributed by atoms with Crippen molar-refractivity contribution >= 4 is 23.2 Å². The molecule has 0 bridgehead atoms. The maximum Gasteiger partial charge on any atom is 0.254 e. The molecule has 3 aromatic rings. The Kier molecular flexibility index (Phi) is 6.04. The van der Waals surface area contributed by atoms with Crippen LogP contribution in [0.3, 0.4) is 0 Å². The van der Waals surface area contributed by atoms with Gasteiger partial charge in [0.15, 0.2) is 0 Å². The topological polar surface area (TPSA) is 63.4 Å². The summed E-state index contributed by atoms with van der Waals surface area (Å²) in [5.74, 6) is -0.544. The number of amides is 2. The van der Waals surface area contributed by atoms with Crippen LogP contribution in [-0.2, 0) is 13.0 Å². The van der Waals surface area contributed by atoms with Crippen LogP contribution in [0, 0.1) is 6.92 Å². The quantitative estimate of drug-likeness (QED) is 0.674. The van der Waals surface area contributed by atoms with E-state index in [-0.39, 0.29) is 5.91 Å². The second-order valence-electron chi connectivity index (χ2n) is 6.42. The summed E-state index contributed by atoms with van der Waals surface area (Å²) < 4.78 is 0. The van der Waals surface area contributed by atoms with Gasteiger partial charge in [-0.1, -0.05) is 30.3 Å². The number of carbonyl (C=O) groups is 2. The first-order valence-electron chi connectivity index (χ1n) is 8.81. The van der Waals surface area contributed by atoms with Gasteiger partial charge in [0.1, 0.15) is 0 Å². The zero-order valence-electron chi connectivity index (χ0n) is 15.2. The summed E-state index contributed by atoms with van der Waals surface area (Å²) >= 11 is 1.70. The third-order valence-corrected chi connectivity index (χ3v) is 5.34. The van der Waals surface area contributed by atoms with Crippen LogP contribution in [0.5, 0.6) is 0 Å². The number of nitrogens with two attached hydrogens (primary N) is 1. The highest BCUT2D eigenvalue weighted by molar-refractivity contribution is 7.11. The molecule has 0 saturated heterocycles. The zero-order chi connectivity index (χ0) is 19.2. The van der Waals surface area contributed by atoms with Crippen molar-refractivity contribution in [3.63, 3.8) is 0 Å². The number of primary amides is 1. The van der Waals surface area contributed by atoms with Gasteiger partial charge in [0.25, 0.3) is 5.91 Å². The van der Waals surface area contributed by atoms with Gasteiger partial charge in [-0.2, -0.15) is 0 Å². The highest BCUT2D eigenvalue weighted by atomic mass is 32.1. The molecule has 2 aromatic carbocycles. The first-order valence-corrected chi connectivity index (χ1v) is 9.63. The Morgan fingerprint density at radius 2 is 1.59 bits per heavy atom. The molecule has 0 aliphatic carbocycles. The monoisotopic (exact) mass is 378 g/mol. The van der Waals surface area contributed by atoms with Crippen molar-refractivity contribution in [3.05, 3.63) is 93.2 Å². The van der Waals surface area contributed by atoms with E-state index in [9.17, 15) is 9.59 Å². The number of benzene rings is 2. The minimum atomic E-state index is -0.496. The maximum atomic E-state index is 13.1. The number of nitrogens with zero attached hydrogens (tertiary/aromatic N) is 1. The number of rotatable bonds is 7. The minimum absolute atomic E-state index is 0.0481. The van der Waals surface area contributed by atoms with Crippen LogP contribution < -0.4 is 5.73 Å². The lowest BCUT2D eigenvalue weighted by atomic mass is 10.1. The molecule has 5 heteroatoms. The molecular weight excluding hydrogens is 356 g/mol. The summed E-state index contributed by atoms with van der Waals surface area (Å²) in [7, 11) is 0. The normalized spacial score (nSPS) is 10.6. The number of hydrogen-bond donors (Lipinski definition) is 1. The molecule has 0 aliphatic heterocycles. The van der Waals surface area contributed by atoms with Gasteiger partial charge in [-0.3, -0.25) is 9.59 Å². The maximum absolute atomic E-state index is 13.1. The molecule has 27 heavy (non-hydrogen) atoms. The molecule has 4 nitrogen and oxygen atoms in total. The van der Waals surface area contributed by atoms with Crippen LogP contribution in [-0.4, -0.2) is 23.3 Å². The van der Waals surface area contributed by atoms with E-state index in [0.717, 1.165) is 11.3 Å². The van der Waals surface area contributed by atoms with Gasteiger partial charge in [-0.05, 0) is 55.3 Å². The summed E-state index contributed by atoms with van der Waals surface area (Å²) in [6.45, 7) is 3.26. The largest absolute Gasteiger partial charge is 0.366 e. The van der Waals surface area contributed by atoms with Crippen LogP contribution in [0.2, 0.25) is 0 Å². The smallest absolute Gasteiger partial charge is 0.254 e. The molecule has 0 spiro atoms. The molecule has 1 aromatic heterocycles. The van der Waals surface area contributed by atoms with Gasteiger partial charge >= 0.3 is 0 Å². The van der Waals surface area contributed by atoms with Crippen molar-refractivity contribution in [2.45, 2.75) is 19.9 Å². The van der Waals surface area contributed by atoms with E-state index in [1.165, 1.54) is 10.4 Å². The Labute approximate surface area is 163 Å². The average Bonchev–Trinajstić information content (AvgIpc) is 3.10. The third-order valence-electron chi connectivity index (χ3n) is 4.36. The average molecular weight is 378 g/mol. The van der Waals surface area contributed by atoms with E-state index in [1.807, 2.05) is 23.1 Å². The molecular formula is C22H22N2O2S. The summed E-state index contributed by atoms with van der Waals surface area (Å²) in [4.78, 5) is 28.6. The number of hydrogen-bond acceptors (Lipinski definition) is 3. The fourth-order valence-electron chi connectivity index (χ4n) is 2.88. The van der Waals surface area contributed by atoms with E-state index in [0.29, 0.717) is 24.2 Å². The zero-order valence-corrected chi connectivity index (χ0v) is 16.0. The molecule has 1 heterocycles. The molecule has 0 unspecified atom stereocenters. The second-order valence-corrected chi connectivity index (χ2v) is 7.79. The molecule has 0 atom stereocenters. The lowest BCUT2D eigenvalue weighted by molar-refractivity contribution is 0.0746. The standard InChI is InChI=1S/C22H22N2O2S/c1-16-7-12-20(27-16)15-24(14-13-17-5-3-2-4-6-17)22(26)19-10-8-18(9-11-19)21(23)25/h2-12H,13-15H2,1H3,(H2,23,25). The van der Waals surface area contributed by atoms with Crippen molar-refractivity contribution < 1.29 is 9.59 Å². The van der Waals surface area contributed by atoms with E-state index in [1.54, 1.807) is 35.6 Å². The number of aryl methyl sites for hydroxylation is 1. The van der Waals surface area contributed by atoms with Crippen LogP contribution >= 0.6 is 11.3 Å². The lowest BCUT2D eigenvalue weighted by Crippen LogP contribution is -2.32. The Balaban J connectivity index is 1.78. The van der Waals surface area contributed by atoms with Gasteiger partial charge < -0.3 is 10.6 Å². The highest BCUT2D eigenvalue weighted by Gasteiger charge is 2.17.